The average Bonchev–Trinajstić information content (AvgIpc) is 2.71. The first-order valence-corrected chi connectivity index (χ1v) is 9.46. The number of unbranched alkanes of at least 4 members (excludes halogenated alkanes) is 1. The Bertz CT molecular complexity index is 1160. The van der Waals surface area contributed by atoms with Crippen LogP contribution in [0.4, 0.5) is 4.39 Å². The van der Waals surface area contributed by atoms with Gasteiger partial charge in [0.25, 0.3) is 0 Å². The third kappa shape index (κ3) is 3.86. The van der Waals surface area contributed by atoms with Crippen LogP contribution in [-0.4, -0.2) is 0 Å². The standard InChI is InChI=1S/C26H21F/c1-2-3-4-20-9-15-25-22(17-20)11-12-23-18-21(10-16-26(23)25)6-5-19-7-13-24(27)14-8-19/h7-18H,2-4H2,1H3. The van der Waals surface area contributed by atoms with E-state index in [-0.39, 0.29) is 5.82 Å². The summed E-state index contributed by atoms with van der Waals surface area (Å²) >= 11 is 0. The highest BCUT2D eigenvalue weighted by Gasteiger charge is 2.03. The van der Waals surface area contributed by atoms with Gasteiger partial charge in [-0.15, -0.1) is 0 Å². The molecule has 1 heteroatoms. The van der Waals surface area contributed by atoms with E-state index in [9.17, 15) is 4.39 Å². The Labute approximate surface area is 159 Å². The minimum absolute atomic E-state index is 0.240. The fraction of sp³-hybridized carbons (Fsp3) is 0.154. The quantitative estimate of drug-likeness (QED) is 0.279. The fourth-order valence-corrected chi connectivity index (χ4v) is 3.41. The van der Waals surface area contributed by atoms with Crippen molar-refractivity contribution >= 4 is 21.5 Å². The molecule has 0 amide bonds. The topological polar surface area (TPSA) is 0 Å². The summed E-state index contributed by atoms with van der Waals surface area (Å²) in [6.45, 7) is 2.23. The zero-order valence-electron chi connectivity index (χ0n) is 15.4. The van der Waals surface area contributed by atoms with E-state index in [2.05, 4.69) is 67.3 Å². The highest BCUT2D eigenvalue weighted by atomic mass is 19.1. The molecule has 4 rings (SSSR count). The number of benzene rings is 4. The van der Waals surface area contributed by atoms with E-state index in [0.29, 0.717) is 0 Å². The first-order chi connectivity index (χ1) is 13.2. The van der Waals surface area contributed by atoms with Crippen LogP contribution < -0.4 is 0 Å². The van der Waals surface area contributed by atoms with Crippen molar-refractivity contribution in [2.75, 3.05) is 0 Å². The molecule has 0 aliphatic rings. The molecule has 0 fully saturated rings. The Morgan fingerprint density at radius 1 is 0.704 bits per heavy atom. The Morgan fingerprint density at radius 2 is 1.33 bits per heavy atom. The summed E-state index contributed by atoms with van der Waals surface area (Å²) in [6, 6.07) is 23.8. The van der Waals surface area contributed by atoms with Gasteiger partial charge in [-0.25, -0.2) is 4.39 Å². The van der Waals surface area contributed by atoms with Crippen LogP contribution in [0.15, 0.2) is 72.8 Å². The third-order valence-corrected chi connectivity index (χ3v) is 4.91. The fourth-order valence-electron chi connectivity index (χ4n) is 3.41. The smallest absolute Gasteiger partial charge is 0.123 e. The summed E-state index contributed by atoms with van der Waals surface area (Å²) in [6.07, 6.45) is 3.59. The van der Waals surface area contributed by atoms with Crippen LogP contribution in [0.3, 0.4) is 0 Å². The van der Waals surface area contributed by atoms with Gasteiger partial charge in [-0.1, -0.05) is 61.6 Å². The molecule has 0 radical (unpaired) electrons. The van der Waals surface area contributed by atoms with Gasteiger partial charge in [-0.05, 0) is 76.3 Å². The Hall–Kier alpha value is -3.11. The van der Waals surface area contributed by atoms with Gasteiger partial charge in [0, 0.05) is 11.1 Å². The predicted molar refractivity (Wildman–Crippen MR) is 112 cm³/mol. The lowest BCUT2D eigenvalue weighted by Crippen LogP contribution is -1.86. The average molecular weight is 352 g/mol. The molecule has 0 aliphatic carbocycles. The minimum atomic E-state index is -0.240. The summed E-state index contributed by atoms with van der Waals surface area (Å²) in [7, 11) is 0. The van der Waals surface area contributed by atoms with Crippen molar-refractivity contribution < 1.29 is 4.39 Å². The molecule has 0 aromatic heterocycles. The van der Waals surface area contributed by atoms with E-state index >= 15 is 0 Å². The molecule has 4 aromatic rings. The molecule has 0 saturated heterocycles. The number of fused-ring (bicyclic) bond motifs is 3. The molecular weight excluding hydrogens is 331 g/mol. The summed E-state index contributed by atoms with van der Waals surface area (Å²) in [4.78, 5) is 0. The van der Waals surface area contributed by atoms with E-state index in [1.807, 2.05) is 0 Å². The minimum Gasteiger partial charge on any atom is -0.207 e. The third-order valence-electron chi connectivity index (χ3n) is 4.91. The van der Waals surface area contributed by atoms with Gasteiger partial charge in [0.1, 0.15) is 5.82 Å². The maximum absolute atomic E-state index is 13.0. The van der Waals surface area contributed by atoms with Gasteiger partial charge in [-0.3, -0.25) is 0 Å². The molecule has 4 aromatic carbocycles. The maximum Gasteiger partial charge on any atom is 0.123 e. The number of halogens is 1. The molecular formula is C26H21F. The zero-order valence-corrected chi connectivity index (χ0v) is 15.4. The van der Waals surface area contributed by atoms with Gasteiger partial charge in [-0.2, -0.15) is 0 Å². The van der Waals surface area contributed by atoms with Crippen LogP contribution in [-0.2, 0) is 6.42 Å². The SMILES string of the molecule is CCCCc1ccc2c(ccc3cc(C#Cc4ccc(F)cc4)ccc32)c1. The largest absolute Gasteiger partial charge is 0.207 e. The molecule has 132 valence electrons. The first kappa shape index (κ1) is 17.3. The van der Waals surface area contributed by atoms with Crippen LogP contribution in [0, 0.1) is 17.7 Å². The molecule has 0 nitrogen and oxygen atoms in total. The summed E-state index contributed by atoms with van der Waals surface area (Å²) in [5.74, 6) is 6.04. The summed E-state index contributed by atoms with van der Waals surface area (Å²) in [5.41, 5.74) is 3.19. The van der Waals surface area contributed by atoms with Gasteiger partial charge in [0.2, 0.25) is 0 Å². The van der Waals surface area contributed by atoms with Crippen LogP contribution in [0.1, 0.15) is 36.5 Å². The molecule has 0 spiro atoms. The van der Waals surface area contributed by atoms with Crippen LogP contribution in [0.25, 0.3) is 21.5 Å². The summed E-state index contributed by atoms with van der Waals surface area (Å²) < 4.78 is 13.0. The molecule has 27 heavy (non-hydrogen) atoms. The number of aryl methyl sites for hydroxylation is 1. The summed E-state index contributed by atoms with van der Waals surface area (Å²) in [5, 5.41) is 5.02. The normalized spacial score (nSPS) is 10.7. The predicted octanol–water partition coefficient (Wildman–Crippen LogP) is 6.87. The second-order valence-electron chi connectivity index (χ2n) is 6.92. The molecule has 0 heterocycles. The van der Waals surface area contributed by atoms with E-state index in [1.54, 1.807) is 12.1 Å². The lowest BCUT2D eigenvalue weighted by Gasteiger charge is -2.07. The van der Waals surface area contributed by atoms with E-state index in [0.717, 1.165) is 17.5 Å². The van der Waals surface area contributed by atoms with E-state index in [1.165, 1.54) is 52.1 Å². The van der Waals surface area contributed by atoms with E-state index < -0.39 is 0 Å². The van der Waals surface area contributed by atoms with Gasteiger partial charge >= 0.3 is 0 Å². The molecule has 0 aliphatic heterocycles. The van der Waals surface area contributed by atoms with E-state index in [4.69, 9.17) is 0 Å². The Balaban J connectivity index is 1.69. The highest BCUT2D eigenvalue weighted by Crippen LogP contribution is 2.27. The Kier molecular flexibility index (Phi) is 4.90. The molecule has 0 bridgehead atoms. The van der Waals surface area contributed by atoms with Crippen LogP contribution in [0.5, 0.6) is 0 Å². The number of rotatable bonds is 3. The van der Waals surface area contributed by atoms with Crippen LogP contribution >= 0.6 is 0 Å². The maximum atomic E-state index is 13.0. The van der Waals surface area contributed by atoms with Crippen molar-refractivity contribution in [3.63, 3.8) is 0 Å². The number of hydrogen-bond acceptors (Lipinski definition) is 0. The lowest BCUT2D eigenvalue weighted by molar-refractivity contribution is 0.627. The molecule has 0 unspecified atom stereocenters. The van der Waals surface area contributed by atoms with Gasteiger partial charge in [0.05, 0.1) is 0 Å². The van der Waals surface area contributed by atoms with Crippen molar-refractivity contribution in [2.45, 2.75) is 26.2 Å². The molecule has 0 atom stereocenters. The highest BCUT2D eigenvalue weighted by molar-refractivity contribution is 6.07. The number of hydrogen-bond donors (Lipinski definition) is 0. The van der Waals surface area contributed by atoms with Crippen LogP contribution in [0.2, 0.25) is 0 Å². The van der Waals surface area contributed by atoms with Gasteiger partial charge < -0.3 is 0 Å². The molecule has 0 N–H and O–H groups in total. The first-order valence-electron chi connectivity index (χ1n) is 9.46. The van der Waals surface area contributed by atoms with Crippen molar-refractivity contribution in [2.24, 2.45) is 0 Å². The monoisotopic (exact) mass is 352 g/mol. The zero-order chi connectivity index (χ0) is 18.6. The van der Waals surface area contributed by atoms with Crippen molar-refractivity contribution in [3.05, 3.63) is 95.3 Å². The van der Waals surface area contributed by atoms with Crippen molar-refractivity contribution in [1.82, 2.24) is 0 Å². The Morgan fingerprint density at radius 3 is 2.07 bits per heavy atom. The van der Waals surface area contributed by atoms with Gasteiger partial charge in [0.15, 0.2) is 0 Å². The second kappa shape index (κ2) is 7.64. The molecule has 0 saturated carbocycles. The van der Waals surface area contributed by atoms with Crippen molar-refractivity contribution in [1.29, 1.82) is 0 Å². The van der Waals surface area contributed by atoms with Crippen molar-refractivity contribution in [3.8, 4) is 11.8 Å². The lowest BCUT2D eigenvalue weighted by atomic mass is 9.97. The second-order valence-corrected chi connectivity index (χ2v) is 6.92.